The van der Waals surface area contributed by atoms with Gasteiger partial charge in [-0.25, -0.2) is 4.79 Å². The Balaban J connectivity index is 1.18. The molecule has 0 saturated heterocycles. The summed E-state index contributed by atoms with van der Waals surface area (Å²) in [4.78, 5) is 12.2. The highest BCUT2D eigenvalue weighted by Crippen LogP contribution is 2.36. The highest BCUT2D eigenvalue weighted by atomic mass is 16.7. The highest BCUT2D eigenvalue weighted by Gasteiger charge is 2.28. The molecule has 0 aromatic heterocycles. The number of carbonyl (C=O) groups excluding carboxylic acids is 1. The molecule has 28 heavy (non-hydrogen) atoms. The molecule has 3 nitrogen and oxygen atoms in total. The van der Waals surface area contributed by atoms with Gasteiger partial charge in [0.2, 0.25) is 0 Å². The standard InChI is InChI=1S/C25H30O3/c26-25(27-23-15-11-21(12-16-23)19-7-3-1-4-8-19)28-24-17-13-22(14-18-24)20-9-5-2-6-10-20/h1-10,21-24H,11-18H2/t21-,22-,23+,24+. The van der Waals surface area contributed by atoms with Crippen molar-refractivity contribution in [3.05, 3.63) is 71.8 Å². The maximum Gasteiger partial charge on any atom is 0.508 e. The SMILES string of the molecule is O=C(O[C@H]1CC[C@@H](c2ccccc2)CC1)O[C@H]1CC[C@@H](c2ccccc2)CC1. The topological polar surface area (TPSA) is 35.5 Å². The minimum atomic E-state index is -0.466. The first-order valence-electron chi connectivity index (χ1n) is 10.7. The van der Waals surface area contributed by atoms with E-state index in [9.17, 15) is 4.79 Å². The number of carbonyl (C=O) groups is 1. The summed E-state index contributed by atoms with van der Waals surface area (Å²) < 4.78 is 11.3. The molecule has 0 unspecified atom stereocenters. The fourth-order valence-corrected chi connectivity index (χ4v) is 4.78. The van der Waals surface area contributed by atoms with Crippen LogP contribution in [0.15, 0.2) is 60.7 Å². The lowest BCUT2D eigenvalue weighted by atomic mass is 9.83. The Bertz CT molecular complexity index is 663. The smallest absolute Gasteiger partial charge is 0.431 e. The van der Waals surface area contributed by atoms with Crippen molar-refractivity contribution in [3.63, 3.8) is 0 Å². The van der Waals surface area contributed by atoms with Crippen molar-refractivity contribution in [1.29, 1.82) is 0 Å². The lowest BCUT2D eigenvalue weighted by Crippen LogP contribution is -2.28. The van der Waals surface area contributed by atoms with Gasteiger partial charge in [0.15, 0.2) is 0 Å². The van der Waals surface area contributed by atoms with Gasteiger partial charge in [-0.3, -0.25) is 0 Å². The maximum absolute atomic E-state index is 12.2. The van der Waals surface area contributed by atoms with E-state index in [0.29, 0.717) is 11.8 Å². The molecule has 2 aliphatic rings. The van der Waals surface area contributed by atoms with E-state index in [-0.39, 0.29) is 12.2 Å². The van der Waals surface area contributed by atoms with Gasteiger partial charge < -0.3 is 9.47 Å². The quantitative estimate of drug-likeness (QED) is 0.563. The molecule has 0 bridgehead atoms. The van der Waals surface area contributed by atoms with Gasteiger partial charge in [0.05, 0.1) is 0 Å². The molecule has 0 atom stereocenters. The number of ether oxygens (including phenoxy) is 2. The molecule has 4 rings (SSSR count). The fraction of sp³-hybridized carbons (Fsp3) is 0.480. The van der Waals surface area contributed by atoms with E-state index in [1.165, 1.54) is 11.1 Å². The van der Waals surface area contributed by atoms with Crippen LogP contribution < -0.4 is 0 Å². The largest absolute Gasteiger partial charge is 0.508 e. The first kappa shape index (κ1) is 19.0. The second-order valence-electron chi connectivity index (χ2n) is 8.25. The van der Waals surface area contributed by atoms with Gasteiger partial charge in [0, 0.05) is 0 Å². The molecule has 0 N–H and O–H groups in total. The van der Waals surface area contributed by atoms with E-state index in [1.807, 2.05) is 0 Å². The minimum absolute atomic E-state index is 0.00752. The monoisotopic (exact) mass is 378 g/mol. The second-order valence-corrected chi connectivity index (χ2v) is 8.25. The van der Waals surface area contributed by atoms with Crippen LogP contribution in [0.4, 0.5) is 4.79 Å². The van der Waals surface area contributed by atoms with Gasteiger partial charge in [-0.1, -0.05) is 60.7 Å². The molecule has 0 spiro atoms. The second kappa shape index (κ2) is 9.27. The molecule has 0 aliphatic heterocycles. The Morgan fingerprint density at radius 2 is 0.929 bits per heavy atom. The van der Waals surface area contributed by atoms with Crippen LogP contribution >= 0.6 is 0 Å². The van der Waals surface area contributed by atoms with Crippen LogP contribution in [0.1, 0.15) is 74.3 Å². The van der Waals surface area contributed by atoms with E-state index < -0.39 is 6.16 Å². The van der Waals surface area contributed by atoms with Crippen LogP contribution in [0.5, 0.6) is 0 Å². The van der Waals surface area contributed by atoms with E-state index in [4.69, 9.17) is 9.47 Å². The van der Waals surface area contributed by atoms with E-state index in [0.717, 1.165) is 51.4 Å². The van der Waals surface area contributed by atoms with Crippen LogP contribution in [0.2, 0.25) is 0 Å². The normalized spacial score (nSPS) is 27.7. The lowest BCUT2D eigenvalue weighted by Gasteiger charge is -2.30. The summed E-state index contributed by atoms with van der Waals surface area (Å²) in [5.41, 5.74) is 2.80. The Morgan fingerprint density at radius 3 is 1.29 bits per heavy atom. The van der Waals surface area contributed by atoms with Crippen LogP contribution in [-0.4, -0.2) is 18.4 Å². The van der Waals surface area contributed by atoms with Crippen molar-refractivity contribution in [2.75, 3.05) is 0 Å². The third-order valence-corrected chi connectivity index (χ3v) is 6.42. The van der Waals surface area contributed by atoms with Crippen molar-refractivity contribution in [1.82, 2.24) is 0 Å². The maximum atomic E-state index is 12.2. The average molecular weight is 379 g/mol. The summed E-state index contributed by atoms with van der Waals surface area (Å²) >= 11 is 0. The Kier molecular flexibility index (Phi) is 6.31. The van der Waals surface area contributed by atoms with Gasteiger partial charge in [0.1, 0.15) is 12.2 Å². The van der Waals surface area contributed by atoms with E-state index >= 15 is 0 Å². The van der Waals surface area contributed by atoms with Crippen LogP contribution in [0.3, 0.4) is 0 Å². The number of hydrogen-bond acceptors (Lipinski definition) is 3. The molecule has 2 aromatic rings. The van der Waals surface area contributed by atoms with Crippen molar-refractivity contribution < 1.29 is 14.3 Å². The minimum Gasteiger partial charge on any atom is -0.431 e. The van der Waals surface area contributed by atoms with E-state index in [1.54, 1.807) is 0 Å². The van der Waals surface area contributed by atoms with Crippen LogP contribution in [0, 0.1) is 0 Å². The Labute approximate surface area is 168 Å². The zero-order valence-electron chi connectivity index (χ0n) is 16.5. The molecule has 2 aliphatic carbocycles. The summed E-state index contributed by atoms with van der Waals surface area (Å²) in [7, 11) is 0. The molecule has 0 amide bonds. The summed E-state index contributed by atoms with van der Waals surface area (Å²) in [5, 5.41) is 0. The summed E-state index contributed by atoms with van der Waals surface area (Å²) in [6.45, 7) is 0. The van der Waals surface area contributed by atoms with Gasteiger partial charge in [-0.2, -0.15) is 0 Å². The molecule has 3 heteroatoms. The van der Waals surface area contributed by atoms with Gasteiger partial charge in [0.25, 0.3) is 0 Å². The van der Waals surface area contributed by atoms with Gasteiger partial charge in [-0.15, -0.1) is 0 Å². The first-order valence-corrected chi connectivity index (χ1v) is 10.7. The molecular weight excluding hydrogens is 348 g/mol. The summed E-state index contributed by atoms with van der Waals surface area (Å²) in [5.74, 6) is 1.18. The van der Waals surface area contributed by atoms with Crippen LogP contribution in [-0.2, 0) is 9.47 Å². The Hall–Kier alpha value is -2.29. The summed E-state index contributed by atoms with van der Waals surface area (Å²) in [6, 6.07) is 21.3. The van der Waals surface area contributed by atoms with Crippen molar-refractivity contribution >= 4 is 6.16 Å². The molecule has 148 valence electrons. The zero-order valence-corrected chi connectivity index (χ0v) is 16.5. The Morgan fingerprint density at radius 1 is 0.571 bits per heavy atom. The van der Waals surface area contributed by atoms with Crippen molar-refractivity contribution in [2.24, 2.45) is 0 Å². The molecule has 0 heterocycles. The van der Waals surface area contributed by atoms with Crippen molar-refractivity contribution in [2.45, 2.75) is 75.4 Å². The summed E-state index contributed by atoms with van der Waals surface area (Å²) in [6.07, 6.45) is 7.55. The zero-order chi connectivity index (χ0) is 19.2. The van der Waals surface area contributed by atoms with Gasteiger partial charge in [-0.05, 0) is 74.3 Å². The number of benzene rings is 2. The molecule has 0 radical (unpaired) electrons. The van der Waals surface area contributed by atoms with Gasteiger partial charge >= 0.3 is 6.16 Å². The van der Waals surface area contributed by atoms with Crippen LogP contribution in [0.25, 0.3) is 0 Å². The predicted octanol–water partition coefficient (Wildman–Crippen LogP) is 6.59. The third-order valence-electron chi connectivity index (χ3n) is 6.42. The number of hydrogen-bond donors (Lipinski definition) is 0. The molecular formula is C25H30O3. The fourth-order valence-electron chi connectivity index (χ4n) is 4.78. The third kappa shape index (κ3) is 4.95. The first-order chi connectivity index (χ1) is 13.8. The molecule has 2 saturated carbocycles. The highest BCUT2D eigenvalue weighted by molar-refractivity contribution is 5.60. The predicted molar refractivity (Wildman–Crippen MR) is 110 cm³/mol. The average Bonchev–Trinajstić information content (AvgIpc) is 2.76. The lowest BCUT2D eigenvalue weighted by molar-refractivity contribution is -0.0214. The number of rotatable bonds is 4. The van der Waals surface area contributed by atoms with E-state index in [2.05, 4.69) is 60.7 Å². The molecule has 2 fully saturated rings. The van der Waals surface area contributed by atoms with Crippen molar-refractivity contribution in [3.8, 4) is 0 Å². The molecule has 2 aromatic carbocycles.